The molecule has 1 aliphatic rings. The number of aryl methyl sites for hydroxylation is 1. The number of thiazole rings is 1. The number of aliphatic hydroxyl groups excluding tert-OH is 1. The summed E-state index contributed by atoms with van der Waals surface area (Å²) < 4.78 is 0. The lowest BCUT2D eigenvalue weighted by atomic mass is 10.1. The summed E-state index contributed by atoms with van der Waals surface area (Å²) in [5, 5.41) is 10.2. The summed E-state index contributed by atoms with van der Waals surface area (Å²) >= 11 is 1.32. The molecule has 1 aliphatic heterocycles. The second-order valence-corrected chi connectivity index (χ2v) is 6.65. The van der Waals surface area contributed by atoms with Crippen molar-refractivity contribution >= 4 is 17.2 Å². The summed E-state index contributed by atoms with van der Waals surface area (Å²) in [6, 6.07) is 7.93. The molecule has 2 aromatic rings. The summed E-state index contributed by atoms with van der Waals surface area (Å²) in [4.78, 5) is 19.0. The average molecular weight is 326 g/mol. The van der Waals surface area contributed by atoms with E-state index < -0.39 is 0 Å². The molecule has 2 heterocycles. The highest BCUT2D eigenvalue weighted by Crippen LogP contribution is 2.18. The lowest BCUT2D eigenvalue weighted by molar-refractivity contribution is 0.0550. The first kappa shape index (κ1) is 15.7. The van der Waals surface area contributed by atoms with E-state index in [-0.39, 0.29) is 12.0 Å². The summed E-state index contributed by atoms with van der Waals surface area (Å²) in [6.45, 7) is 3.22. The molecule has 23 heavy (non-hydrogen) atoms. The molecular weight excluding hydrogens is 308 g/mol. The van der Waals surface area contributed by atoms with Gasteiger partial charge in [-0.15, -0.1) is 11.3 Å². The molecule has 1 fully saturated rings. The van der Waals surface area contributed by atoms with Crippen LogP contribution in [0.5, 0.6) is 0 Å². The van der Waals surface area contributed by atoms with Crippen LogP contribution < -0.4 is 0 Å². The van der Waals surface area contributed by atoms with Crippen LogP contribution in [0.1, 0.15) is 38.6 Å². The van der Waals surface area contributed by atoms with Crippen LogP contribution in [0, 0.1) is 18.8 Å². The Labute approximate surface area is 139 Å². The first-order valence-electron chi connectivity index (χ1n) is 7.64. The van der Waals surface area contributed by atoms with Crippen molar-refractivity contribution in [3.05, 3.63) is 51.5 Å². The second-order valence-electron chi connectivity index (χ2n) is 5.62. The Morgan fingerprint density at radius 3 is 2.78 bits per heavy atom. The monoisotopic (exact) mass is 326 g/mol. The lowest BCUT2D eigenvalue weighted by Crippen LogP contribution is -2.39. The molecule has 1 saturated heterocycles. The number of hydrogen-bond acceptors (Lipinski definition) is 4. The number of hydrogen-bond donors (Lipinski definition) is 1. The Morgan fingerprint density at radius 1 is 1.30 bits per heavy atom. The maximum Gasteiger partial charge on any atom is 0.265 e. The van der Waals surface area contributed by atoms with Crippen LogP contribution in [0.3, 0.4) is 0 Å². The molecule has 1 aromatic carbocycles. The maximum atomic E-state index is 12.4. The van der Waals surface area contributed by atoms with Crippen molar-refractivity contribution in [2.45, 2.75) is 25.9 Å². The van der Waals surface area contributed by atoms with Crippen LogP contribution in [-0.2, 0) is 0 Å². The SMILES string of the molecule is Cc1ccccc1C#Cc1ncc(C(=O)N2CCC(O)CC2)s1. The van der Waals surface area contributed by atoms with Crippen molar-refractivity contribution in [3.63, 3.8) is 0 Å². The third-order valence-electron chi connectivity index (χ3n) is 3.92. The number of amides is 1. The van der Waals surface area contributed by atoms with Crippen molar-refractivity contribution in [2.75, 3.05) is 13.1 Å². The quantitative estimate of drug-likeness (QED) is 0.819. The van der Waals surface area contributed by atoms with Gasteiger partial charge in [0.1, 0.15) is 4.88 Å². The molecule has 4 nitrogen and oxygen atoms in total. The summed E-state index contributed by atoms with van der Waals surface area (Å²) in [7, 11) is 0. The van der Waals surface area contributed by atoms with E-state index in [4.69, 9.17) is 0 Å². The van der Waals surface area contributed by atoms with Gasteiger partial charge in [0.05, 0.1) is 12.3 Å². The Morgan fingerprint density at radius 2 is 2.04 bits per heavy atom. The molecule has 1 N–H and O–H groups in total. The zero-order valence-corrected chi connectivity index (χ0v) is 13.8. The van der Waals surface area contributed by atoms with Crippen LogP contribution in [0.25, 0.3) is 0 Å². The Hall–Kier alpha value is -2.16. The minimum Gasteiger partial charge on any atom is -0.393 e. The summed E-state index contributed by atoms with van der Waals surface area (Å²) in [5.41, 5.74) is 2.10. The van der Waals surface area contributed by atoms with Crippen molar-refractivity contribution in [1.29, 1.82) is 0 Å². The number of aliphatic hydroxyl groups is 1. The van der Waals surface area contributed by atoms with E-state index in [2.05, 4.69) is 16.8 Å². The highest BCUT2D eigenvalue weighted by molar-refractivity contribution is 7.14. The van der Waals surface area contributed by atoms with Crippen LogP contribution >= 0.6 is 11.3 Å². The number of carbonyl (C=O) groups is 1. The van der Waals surface area contributed by atoms with Gasteiger partial charge in [-0.1, -0.05) is 24.1 Å². The van der Waals surface area contributed by atoms with E-state index in [9.17, 15) is 9.90 Å². The Bertz CT molecular complexity index is 765. The first-order chi connectivity index (χ1) is 11.1. The van der Waals surface area contributed by atoms with Crippen LogP contribution in [0.2, 0.25) is 0 Å². The maximum absolute atomic E-state index is 12.4. The smallest absolute Gasteiger partial charge is 0.265 e. The van der Waals surface area contributed by atoms with Gasteiger partial charge in [-0.25, -0.2) is 4.98 Å². The molecular formula is C18H18N2O2S. The third-order valence-corrected chi connectivity index (χ3v) is 4.82. The molecule has 118 valence electrons. The molecule has 0 aliphatic carbocycles. The number of nitrogens with zero attached hydrogens (tertiary/aromatic N) is 2. The predicted octanol–water partition coefficient (Wildman–Crippen LogP) is 2.45. The fraction of sp³-hybridized carbons (Fsp3) is 0.333. The van der Waals surface area contributed by atoms with Gasteiger partial charge >= 0.3 is 0 Å². The highest BCUT2D eigenvalue weighted by Gasteiger charge is 2.23. The number of rotatable bonds is 1. The largest absolute Gasteiger partial charge is 0.393 e. The molecule has 0 saturated carbocycles. The first-order valence-corrected chi connectivity index (χ1v) is 8.46. The zero-order valence-electron chi connectivity index (χ0n) is 13.0. The summed E-state index contributed by atoms with van der Waals surface area (Å²) in [5.74, 6) is 6.13. The Kier molecular flexibility index (Phi) is 4.75. The number of aromatic nitrogens is 1. The van der Waals surface area contributed by atoms with Gasteiger partial charge in [-0.05, 0) is 37.3 Å². The molecule has 3 rings (SSSR count). The fourth-order valence-electron chi connectivity index (χ4n) is 2.49. The van der Waals surface area contributed by atoms with Crippen molar-refractivity contribution in [1.82, 2.24) is 9.88 Å². The minimum atomic E-state index is -0.281. The molecule has 0 bridgehead atoms. The van der Waals surface area contributed by atoms with Gasteiger partial charge in [0.15, 0.2) is 5.01 Å². The number of benzene rings is 1. The lowest BCUT2D eigenvalue weighted by Gasteiger charge is -2.29. The number of likely N-dealkylation sites (tertiary alicyclic amines) is 1. The second kappa shape index (κ2) is 6.95. The van der Waals surface area contributed by atoms with Crippen LogP contribution in [0.15, 0.2) is 30.5 Å². The zero-order chi connectivity index (χ0) is 16.2. The molecule has 0 spiro atoms. The normalized spacial score (nSPS) is 15.1. The van der Waals surface area contributed by atoms with Gasteiger partial charge in [-0.3, -0.25) is 4.79 Å². The van der Waals surface area contributed by atoms with Gasteiger partial charge in [0.25, 0.3) is 5.91 Å². The van der Waals surface area contributed by atoms with Crippen molar-refractivity contribution in [3.8, 4) is 11.8 Å². The Balaban J connectivity index is 1.71. The molecule has 0 unspecified atom stereocenters. The van der Waals surface area contributed by atoms with E-state index in [1.807, 2.05) is 31.2 Å². The fourth-order valence-corrected chi connectivity index (χ4v) is 3.23. The van der Waals surface area contributed by atoms with Crippen molar-refractivity contribution < 1.29 is 9.90 Å². The molecule has 0 radical (unpaired) electrons. The van der Waals surface area contributed by atoms with E-state index in [0.717, 1.165) is 11.1 Å². The van der Waals surface area contributed by atoms with Crippen LogP contribution in [-0.4, -0.2) is 40.1 Å². The summed E-state index contributed by atoms with van der Waals surface area (Å²) in [6.07, 6.45) is 2.60. The van der Waals surface area contributed by atoms with E-state index >= 15 is 0 Å². The standard InChI is InChI=1S/C18H18N2O2S/c1-13-4-2-3-5-14(13)6-7-17-19-12-16(23-17)18(22)20-10-8-15(21)9-11-20/h2-5,12,15,21H,8-11H2,1H3. The number of carbonyl (C=O) groups excluding carboxylic acids is 1. The minimum absolute atomic E-state index is 0.0154. The predicted molar refractivity (Wildman–Crippen MR) is 90.4 cm³/mol. The van der Waals surface area contributed by atoms with Gasteiger partial charge in [0.2, 0.25) is 0 Å². The highest BCUT2D eigenvalue weighted by atomic mass is 32.1. The van der Waals surface area contributed by atoms with E-state index in [1.54, 1.807) is 11.1 Å². The topological polar surface area (TPSA) is 53.4 Å². The van der Waals surface area contributed by atoms with Crippen molar-refractivity contribution in [2.24, 2.45) is 0 Å². The van der Waals surface area contributed by atoms with Gasteiger partial charge in [0, 0.05) is 18.7 Å². The van der Waals surface area contributed by atoms with E-state index in [0.29, 0.717) is 35.8 Å². The molecule has 5 heteroatoms. The van der Waals surface area contributed by atoms with Crippen LogP contribution in [0.4, 0.5) is 0 Å². The molecule has 1 aromatic heterocycles. The third kappa shape index (κ3) is 3.79. The average Bonchev–Trinajstić information content (AvgIpc) is 3.03. The number of piperidine rings is 1. The molecule has 1 amide bonds. The van der Waals surface area contributed by atoms with Gasteiger partial charge < -0.3 is 10.0 Å². The van der Waals surface area contributed by atoms with Gasteiger partial charge in [-0.2, -0.15) is 0 Å². The van der Waals surface area contributed by atoms with E-state index in [1.165, 1.54) is 11.3 Å². The molecule has 0 atom stereocenters.